The van der Waals surface area contributed by atoms with Gasteiger partial charge in [0.2, 0.25) is 0 Å². The van der Waals surface area contributed by atoms with Crippen LogP contribution in [0, 0.1) is 17.8 Å². The quantitative estimate of drug-likeness (QED) is 0.685. The third-order valence-electron chi connectivity index (χ3n) is 6.78. The van der Waals surface area contributed by atoms with Gasteiger partial charge in [-0.25, -0.2) is 0 Å². The van der Waals surface area contributed by atoms with E-state index in [-0.39, 0.29) is 36.6 Å². The van der Waals surface area contributed by atoms with Crippen LogP contribution in [-0.2, 0) is 9.59 Å². The lowest BCUT2D eigenvalue weighted by Crippen LogP contribution is -2.49. The van der Waals surface area contributed by atoms with Crippen LogP contribution in [0.2, 0.25) is 0 Å². The Bertz CT molecular complexity index is 487. The topological polar surface area (TPSA) is 55.9 Å². The maximum absolute atomic E-state index is 12.6. The molecule has 0 spiro atoms. The van der Waals surface area contributed by atoms with Crippen molar-refractivity contribution in [3.63, 3.8) is 0 Å². The molecule has 2 amide bonds. The molecule has 1 N–H and O–H groups in total. The van der Waals surface area contributed by atoms with Crippen LogP contribution < -0.4 is 5.32 Å². The van der Waals surface area contributed by atoms with E-state index in [4.69, 9.17) is 0 Å². The molecule has 3 aliphatic rings. The summed E-state index contributed by atoms with van der Waals surface area (Å²) in [5.74, 6) is 1.46. The lowest BCUT2D eigenvalue weighted by atomic mass is 9.79. The Morgan fingerprint density at radius 1 is 0.893 bits per heavy atom. The van der Waals surface area contributed by atoms with Crippen molar-refractivity contribution < 1.29 is 9.59 Å². The minimum Gasteiger partial charge on any atom is -0.337 e. The molecule has 0 aromatic heterocycles. The molecule has 0 aromatic carbocycles. The van der Waals surface area contributed by atoms with E-state index < -0.39 is 0 Å². The average molecular weight is 437 g/mol. The van der Waals surface area contributed by atoms with Crippen LogP contribution in [0.4, 0.5) is 0 Å². The molecule has 3 heterocycles. The lowest BCUT2D eigenvalue weighted by Gasteiger charge is -2.38. The predicted molar refractivity (Wildman–Crippen MR) is 117 cm³/mol. The van der Waals surface area contributed by atoms with E-state index in [2.05, 4.69) is 17.3 Å². The SMILES string of the molecule is CN1CCC(CN(C)C(=O)C(=O)N2CCC(C3CCNCC3)CC2)CC1.Cl.Cl. The second-order valence-electron chi connectivity index (χ2n) is 8.65. The molecule has 164 valence electrons. The van der Waals surface area contributed by atoms with Crippen LogP contribution in [0.5, 0.6) is 0 Å². The Balaban J connectivity index is 0.00000196. The third-order valence-corrected chi connectivity index (χ3v) is 6.78. The predicted octanol–water partition coefficient (Wildman–Crippen LogP) is 1.87. The molecule has 3 aliphatic heterocycles. The fourth-order valence-electron chi connectivity index (χ4n) is 4.90. The summed E-state index contributed by atoms with van der Waals surface area (Å²) in [7, 11) is 3.93. The van der Waals surface area contributed by atoms with Crippen molar-refractivity contribution >= 4 is 36.6 Å². The first kappa shape index (κ1) is 25.5. The van der Waals surface area contributed by atoms with Crippen molar-refractivity contribution in [2.45, 2.75) is 38.5 Å². The number of amides is 2. The minimum atomic E-state index is -0.316. The molecule has 28 heavy (non-hydrogen) atoms. The van der Waals surface area contributed by atoms with Gasteiger partial charge in [-0.15, -0.1) is 24.8 Å². The molecule has 0 saturated carbocycles. The second-order valence-corrected chi connectivity index (χ2v) is 8.65. The van der Waals surface area contributed by atoms with Crippen LogP contribution in [0.15, 0.2) is 0 Å². The number of carbonyl (C=O) groups excluding carboxylic acids is 2. The highest BCUT2D eigenvalue weighted by atomic mass is 35.5. The molecule has 8 heteroatoms. The lowest BCUT2D eigenvalue weighted by molar-refractivity contribution is -0.152. The summed E-state index contributed by atoms with van der Waals surface area (Å²) in [5, 5.41) is 3.43. The van der Waals surface area contributed by atoms with Crippen molar-refractivity contribution in [3.05, 3.63) is 0 Å². The van der Waals surface area contributed by atoms with Crippen molar-refractivity contribution in [1.82, 2.24) is 20.0 Å². The molecule has 0 radical (unpaired) electrons. The van der Waals surface area contributed by atoms with Crippen molar-refractivity contribution in [3.8, 4) is 0 Å². The molecule has 0 aliphatic carbocycles. The van der Waals surface area contributed by atoms with Crippen molar-refractivity contribution in [2.24, 2.45) is 17.8 Å². The largest absolute Gasteiger partial charge is 0.337 e. The van der Waals surface area contributed by atoms with E-state index in [1.165, 1.54) is 12.8 Å². The van der Waals surface area contributed by atoms with Gasteiger partial charge in [-0.1, -0.05) is 0 Å². The number of hydrogen-bond acceptors (Lipinski definition) is 4. The van der Waals surface area contributed by atoms with Gasteiger partial charge in [0.25, 0.3) is 0 Å². The normalized spacial score (nSPS) is 22.9. The summed E-state index contributed by atoms with van der Waals surface area (Å²) in [4.78, 5) is 31.0. The van der Waals surface area contributed by atoms with Crippen LogP contribution in [0.3, 0.4) is 0 Å². The minimum absolute atomic E-state index is 0. The molecule has 0 aromatic rings. The number of likely N-dealkylation sites (N-methyl/N-ethyl adjacent to an activating group) is 1. The van der Waals surface area contributed by atoms with Gasteiger partial charge in [0, 0.05) is 26.7 Å². The molecule has 3 saturated heterocycles. The summed E-state index contributed by atoms with van der Waals surface area (Å²) in [5.41, 5.74) is 0. The second kappa shape index (κ2) is 12.2. The summed E-state index contributed by atoms with van der Waals surface area (Å²) in [6, 6.07) is 0. The number of nitrogens with one attached hydrogen (secondary N) is 1. The Morgan fingerprint density at radius 3 is 2.00 bits per heavy atom. The van der Waals surface area contributed by atoms with Gasteiger partial charge in [0.05, 0.1) is 0 Å². The fraction of sp³-hybridized carbons (Fsp3) is 0.900. The maximum atomic E-state index is 12.6. The number of rotatable bonds is 3. The third kappa shape index (κ3) is 6.75. The molecule has 0 unspecified atom stereocenters. The monoisotopic (exact) mass is 436 g/mol. The number of piperidine rings is 3. The molecular formula is C20H38Cl2N4O2. The number of nitrogens with zero attached hydrogens (tertiary/aromatic N) is 3. The van der Waals surface area contributed by atoms with Crippen LogP contribution in [0.1, 0.15) is 38.5 Å². The zero-order chi connectivity index (χ0) is 18.5. The fourth-order valence-corrected chi connectivity index (χ4v) is 4.90. The average Bonchev–Trinajstić information content (AvgIpc) is 2.69. The Kier molecular flexibility index (Phi) is 11.1. The van der Waals surface area contributed by atoms with E-state index in [9.17, 15) is 9.59 Å². The van der Waals surface area contributed by atoms with Crippen molar-refractivity contribution in [2.75, 3.05) is 59.9 Å². The van der Waals surface area contributed by atoms with E-state index >= 15 is 0 Å². The van der Waals surface area contributed by atoms with Gasteiger partial charge in [-0.3, -0.25) is 9.59 Å². The van der Waals surface area contributed by atoms with E-state index in [1.807, 2.05) is 0 Å². The van der Waals surface area contributed by atoms with E-state index in [0.717, 1.165) is 76.8 Å². The molecule has 0 atom stereocenters. The Hall–Kier alpha value is -0.560. The van der Waals surface area contributed by atoms with Crippen molar-refractivity contribution in [1.29, 1.82) is 0 Å². The van der Waals surface area contributed by atoms with Gasteiger partial charge in [0.1, 0.15) is 0 Å². The highest BCUT2D eigenvalue weighted by molar-refractivity contribution is 6.34. The number of halogens is 2. The first-order chi connectivity index (χ1) is 12.5. The zero-order valence-corrected chi connectivity index (χ0v) is 19.0. The van der Waals surface area contributed by atoms with Gasteiger partial charge in [0.15, 0.2) is 0 Å². The number of carbonyl (C=O) groups is 2. The summed E-state index contributed by atoms with van der Waals surface area (Å²) in [6.45, 7) is 6.65. The van der Waals surface area contributed by atoms with Crippen LogP contribution in [0.25, 0.3) is 0 Å². The van der Waals surface area contributed by atoms with E-state index in [1.54, 1.807) is 16.8 Å². The highest BCUT2D eigenvalue weighted by Crippen LogP contribution is 2.30. The number of hydrogen-bond donors (Lipinski definition) is 1. The highest BCUT2D eigenvalue weighted by Gasteiger charge is 2.33. The van der Waals surface area contributed by atoms with Crippen LogP contribution >= 0.6 is 24.8 Å². The standard InChI is InChI=1S/C20H36N4O2.2ClH/c1-22-11-5-16(6-12-22)15-23(2)19(25)20(26)24-13-7-18(8-14-24)17-3-9-21-10-4-17;;/h16-18,21H,3-15H2,1-2H3;2*1H. The molecule has 3 fully saturated rings. The molecule has 0 bridgehead atoms. The van der Waals surface area contributed by atoms with E-state index in [0.29, 0.717) is 12.5 Å². The molecule has 3 rings (SSSR count). The van der Waals surface area contributed by atoms with Gasteiger partial charge in [-0.05, 0) is 89.5 Å². The Morgan fingerprint density at radius 2 is 1.43 bits per heavy atom. The van der Waals surface area contributed by atoms with Gasteiger partial charge in [-0.2, -0.15) is 0 Å². The first-order valence-corrected chi connectivity index (χ1v) is 10.5. The maximum Gasteiger partial charge on any atom is 0.312 e. The van der Waals surface area contributed by atoms with Gasteiger partial charge >= 0.3 is 11.8 Å². The molecular weight excluding hydrogens is 399 g/mol. The summed E-state index contributed by atoms with van der Waals surface area (Å²) < 4.78 is 0. The summed E-state index contributed by atoms with van der Waals surface area (Å²) >= 11 is 0. The molecule has 6 nitrogen and oxygen atoms in total. The van der Waals surface area contributed by atoms with Gasteiger partial charge < -0.3 is 20.0 Å². The Labute approximate surface area is 182 Å². The summed E-state index contributed by atoms with van der Waals surface area (Å²) in [6.07, 6.45) is 6.87. The number of likely N-dealkylation sites (tertiary alicyclic amines) is 2. The first-order valence-electron chi connectivity index (χ1n) is 10.5. The smallest absolute Gasteiger partial charge is 0.312 e. The zero-order valence-electron chi connectivity index (χ0n) is 17.4. The van der Waals surface area contributed by atoms with Crippen LogP contribution in [-0.4, -0.2) is 86.4 Å².